The minimum absolute atomic E-state index is 0. The van der Waals surface area contributed by atoms with Gasteiger partial charge in [0, 0.05) is 19.5 Å². The Kier molecular flexibility index (Phi) is 13.7. The minimum Gasteiger partial charge on any atom is -0.356 e. The van der Waals surface area contributed by atoms with Gasteiger partial charge >= 0.3 is 0 Å². The van der Waals surface area contributed by atoms with Crippen LogP contribution in [-0.2, 0) is 9.47 Å². The highest BCUT2D eigenvalue weighted by Gasteiger charge is 2.02. The molecule has 0 aromatic rings. The zero-order valence-electron chi connectivity index (χ0n) is 6.60. The molecule has 0 bridgehead atoms. The Morgan fingerprint density at radius 1 is 1.18 bits per heavy atom. The fourth-order valence-electron chi connectivity index (χ4n) is 0.737. The zero-order valence-corrected chi connectivity index (χ0v) is 8.19. The molecule has 0 rings (SSSR count). The van der Waals surface area contributed by atoms with Gasteiger partial charge < -0.3 is 9.47 Å². The first kappa shape index (κ1) is 14.2. The van der Waals surface area contributed by atoms with E-state index >= 15 is 0 Å². The van der Waals surface area contributed by atoms with Crippen LogP contribution in [0, 0.1) is 0 Å². The number of rotatable bonds is 6. The number of alkyl halides is 1. The molecule has 0 spiro atoms. The highest BCUT2D eigenvalue weighted by molar-refractivity contribution is 9.09. The van der Waals surface area contributed by atoms with E-state index in [0.717, 1.165) is 18.2 Å². The Morgan fingerprint density at radius 3 is 2.09 bits per heavy atom. The van der Waals surface area contributed by atoms with E-state index in [1.54, 1.807) is 14.2 Å². The summed E-state index contributed by atoms with van der Waals surface area (Å²) in [6, 6.07) is 0. The molecule has 2 nitrogen and oxygen atoms in total. The molecule has 0 aromatic heterocycles. The summed E-state index contributed by atoms with van der Waals surface area (Å²) in [5.41, 5.74) is 0. The molecule has 70 valence electrons. The fraction of sp³-hybridized carbons (Fsp3) is 1.00. The molecule has 0 saturated carbocycles. The van der Waals surface area contributed by atoms with Crippen molar-refractivity contribution in [1.29, 1.82) is 0 Å². The Labute approximate surface area is 81.8 Å². The lowest BCUT2D eigenvalue weighted by molar-refractivity contribution is -0.106. The smallest absolute Gasteiger partial charge is 0.156 e. The van der Waals surface area contributed by atoms with E-state index in [2.05, 4.69) is 15.9 Å². The average Bonchev–Trinajstić information content (AvgIpc) is 1.99. The monoisotopic (exact) mass is 242 g/mol. The minimum atomic E-state index is -0.0148. The molecule has 0 N–H and O–H groups in total. The van der Waals surface area contributed by atoms with Crippen molar-refractivity contribution in [2.24, 2.45) is 0 Å². The SMILES string of the molecule is COC(CCCCBr)OC.[SiH4]. The number of methoxy groups -OCH3 is 2. The van der Waals surface area contributed by atoms with Gasteiger partial charge in [0.05, 0.1) is 0 Å². The van der Waals surface area contributed by atoms with E-state index in [4.69, 9.17) is 9.47 Å². The van der Waals surface area contributed by atoms with Crippen molar-refractivity contribution in [1.82, 2.24) is 0 Å². The van der Waals surface area contributed by atoms with Crippen molar-refractivity contribution in [2.75, 3.05) is 19.5 Å². The largest absolute Gasteiger partial charge is 0.356 e. The van der Waals surface area contributed by atoms with Crippen LogP contribution in [0.25, 0.3) is 0 Å². The molecule has 0 atom stereocenters. The van der Waals surface area contributed by atoms with Gasteiger partial charge in [-0.1, -0.05) is 15.9 Å². The second-order valence-electron chi connectivity index (χ2n) is 2.09. The van der Waals surface area contributed by atoms with E-state index in [9.17, 15) is 0 Å². The Morgan fingerprint density at radius 2 is 1.73 bits per heavy atom. The standard InChI is InChI=1S/C7H15BrO2.H4Si/c1-9-7(10-2)5-3-4-6-8;/h7H,3-6H2,1-2H3;1H4. The molecule has 0 amide bonds. The van der Waals surface area contributed by atoms with Crippen molar-refractivity contribution >= 4 is 26.9 Å². The van der Waals surface area contributed by atoms with Crippen LogP contribution in [0.5, 0.6) is 0 Å². The molecule has 4 heteroatoms. The second kappa shape index (κ2) is 10.6. The third kappa shape index (κ3) is 8.52. The first-order chi connectivity index (χ1) is 4.85. The predicted molar refractivity (Wildman–Crippen MR) is 56.8 cm³/mol. The Balaban J connectivity index is 0. The van der Waals surface area contributed by atoms with Crippen molar-refractivity contribution in [3.8, 4) is 0 Å². The highest BCUT2D eigenvalue weighted by Crippen LogP contribution is 2.05. The zero-order chi connectivity index (χ0) is 7.82. The predicted octanol–water partition coefficient (Wildman–Crippen LogP) is 0.719. The summed E-state index contributed by atoms with van der Waals surface area (Å²) in [6.45, 7) is 0. The van der Waals surface area contributed by atoms with Gasteiger partial charge in [0.1, 0.15) is 0 Å². The van der Waals surface area contributed by atoms with E-state index < -0.39 is 0 Å². The topological polar surface area (TPSA) is 18.5 Å². The highest BCUT2D eigenvalue weighted by atomic mass is 79.9. The van der Waals surface area contributed by atoms with Crippen molar-refractivity contribution in [3.05, 3.63) is 0 Å². The van der Waals surface area contributed by atoms with Crippen LogP contribution in [0.15, 0.2) is 0 Å². The number of halogens is 1. The van der Waals surface area contributed by atoms with E-state index in [-0.39, 0.29) is 17.3 Å². The van der Waals surface area contributed by atoms with Gasteiger partial charge in [0.2, 0.25) is 0 Å². The average molecular weight is 243 g/mol. The van der Waals surface area contributed by atoms with Gasteiger partial charge in [0.15, 0.2) is 6.29 Å². The molecule has 11 heavy (non-hydrogen) atoms. The summed E-state index contributed by atoms with van der Waals surface area (Å²) in [5.74, 6) is 0. The third-order valence-corrected chi connectivity index (χ3v) is 1.91. The van der Waals surface area contributed by atoms with Crippen LogP contribution >= 0.6 is 15.9 Å². The van der Waals surface area contributed by atoms with E-state index in [1.807, 2.05) is 0 Å². The third-order valence-electron chi connectivity index (χ3n) is 1.35. The number of hydrogen-bond donors (Lipinski definition) is 0. The van der Waals surface area contributed by atoms with Crippen molar-refractivity contribution < 1.29 is 9.47 Å². The summed E-state index contributed by atoms with van der Waals surface area (Å²) in [6.07, 6.45) is 3.30. The van der Waals surface area contributed by atoms with Crippen LogP contribution < -0.4 is 0 Å². The van der Waals surface area contributed by atoms with Gasteiger partial charge in [0.25, 0.3) is 0 Å². The van der Waals surface area contributed by atoms with Gasteiger partial charge in [-0.05, 0) is 30.2 Å². The molecule has 0 heterocycles. The summed E-state index contributed by atoms with van der Waals surface area (Å²) in [7, 11) is 3.34. The van der Waals surface area contributed by atoms with E-state index in [1.165, 1.54) is 6.42 Å². The summed E-state index contributed by atoms with van der Waals surface area (Å²) < 4.78 is 10.0. The Hall–Kier alpha value is 0.617. The molecular weight excluding hydrogens is 224 g/mol. The van der Waals surface area contributed by atoms with Gasteiger partial charge in [-0.2, -0.15) is 0 Å². The molecular formula is C7H19BrO2Si. The normalized spacial score (nSPS) is 9.82. The van der Waals surface area contributed by atoms with Crippen LogP contribution in [-0.4, -0.2) is 36.8 Å². The second-order valence-corrected chi connectivity index (χ2v) is 2.88. The number of ether oxygens (including phenoxy) is 2. The van der Waals surface area contributed by atoms with Crippen molar-refractivity contribution in [2.45, 2.75) is 25.6 Å². The lowest BCUT2D eigenvalue weighted by Gasteiger charge is -2.11. The lowest BCUT2D eigenvalue weighted by atomic mass is 10.2. The molecule has 0 saturated heterocycles. The molecule has 0 aliphatic rings. The first-order valence-corrected chi connectivity index (χ1v) is 4.58. The maximum absolute atomic E-state index is 5.01. The summed E-state index contributed by atoms with van der Waals surface area (Å²) in [4.78, 5) is 0. The molecule has 0 unspecified atom stereocenters. The quantitative estimate of drug-likeness (QED) is 0.296. The van der Waals surface area contributed by atoms with Crippen molar-refractivity contribution in [3.63, 3.8) is 0 Å². The molecule has 0 radical (unpaired) electrons. The lowest BCUT2D eigenvalue weighted by Crippen LogP contribution is -2.12. The van der Waals surface area contributed by atoms with Crippen LogP contribution in [0.2, 0.25) is 0 Å². The number of unbranched alkanes of at least 4 members (excludes halogenated alkanes) is 1. The fourth-order valence-corrected chi connectivity index (χ4v) is 1.13. The Bertz CT molecular complexity index is 69.5. The number of hydrogen-bond acceptors (Lipinski definition) is 2. The molecule has 0 aromatic carbocycles. The first-order valence-electron chi connectivity index (χ1n) is 3.46. The van der Waals surface area contributed by atoms with Gasteiger partial charge in [-0.3, -0.25) is 0 Å². The molecule has 0 aliphatic heterocycles. The maximum atomic E-state index is 5.01. The summed E-state index contributed by atoms with van der Waals surface area (Å²) in [5, 5.41) is 1.06. The van der Waals surface area contributed by atoms with E-state index in [0.29, 0.717) is 0 Å². The summed E-state index contributed by atoms with van der Waals surface area (Å²) >= 11 is 3.36. The van der Waals surface area contributed by atoms with Gasteiger partial charge in [-0.25, -0.2) is 0 Å². The van der Waals surface area contributed by atoms with Gasteiger partial charge in [-0.15, -0.1) is 0 Å². The van der Waals surface area contributed by atoms with Crippen LogP contribution in [0.4, 0.5) is 0 Å². The molecule has 0 fully saturated rings. The van der Waals surface area contributed by atoms with Crippen LogP contribution in [0.1, 0.15) is 19.3 Å². The van der Waals surface area contributed by atoms with Crippen LogP contribution in [0.3, 0.4) is 0 Å². The maximum Gasteiger partial charge on any atom is 0.156 e. The molecule has 0 aliphatic carbocycles.